The van der Waals surface area contributed by atoms with E-state index in [2.05, 4.69) is 10.3 Å². The Hall–Kier alpha value is -3.61. The highest BCUT2D eigenvalue weighted by atomic mass is 19.1. The number of aromatic nitrogens is 1. The average molecular weight is 368 g/mol. The summed E-state index contributed by atoms with van der Waals surface area (Å²) in [6, 6.07) is 13.7. The average Bonchev–Trinajstić information content (AvgIpc) is 2.69. The molecule has 0 fully saturated rings. The SMILES string of the molecule is COc1cc(C(=O)NCc2cccnc2Oc2ccccc2F)ccc1O. The van der Waals surface area contributed by atoms with Crippen molar-refractivity contribution in [1.29, 1.82) is 0 Å². The molecule has 0 bridgehead atoms. The molecule has 0 radical (unpaired) electrons. The number of rotatable bonds is 6. The zero-order valence-electron chi connectivity index (χ0n) is 14.5. The molecule has 0 saturated carbocycles. The number of hydrogen-bond donors (Lipinski definition) is 2. The molecule has 6 nitrogen and oxygen atoms in total. The van der Waals surface area contributed by atoms with Crippen molar-refractivity contribution in [2.75, 3.05) is 7.11 Å². The van der Waals surface area contributed by atoms with E-state index in [1.165, 1.54) is 43.6 Å². The zero-order valence-corrected chi connectivity index (χ0v) is 14.5. The zero-order chi connectivity index (χ0) is 19.2. The van der Waals surface area contributed by atoms with Crippen LogP contribution in [0.3, 0.4) is 0 Å². The van der Waals surface area contributed by atoms with Crippen LogP contribution in [0, 0.1) is 5.82 Å². The Balaban J connectivity index is 1.73. The van der Waals surface area contributed by atoms with Crippen molar-refractivity contribution in [3.8, 4) is 23.1 Å². The molecule has 1 heterocycles. The lowest BCUT2D eigenvalue weighted by Crippen LogP contribution is -2.23. The van der Waals surface area contributed by atoms with Gasteiger partial charge < -0.3 is 19.9 Å². The summed E-state index contributed by atoms with van der Waals surface area (Å²) in [7, 11) is 1.40. The fourth-order valence-electron chi connectivity index (χ4n) is 2.38. The highest BCUT2D eigenvalue weighted by Crippen LogP contribution is 2.27. The van der Waals surface area contributed by atoms with Crippen molar-refractivity contribution in [3.63, 3.8) is 0 Å². The minimum absolute atomic E-state index is 0.0482. The first-order chi connectivity index (χ1) is 13.1. The van der Waals surface area contributed by atoms with Crippen molar-refractivity contribution in [2.45, 2.75) is 6.54 Å². The minimum atomic E-state index is -0.505. The van der Waals surface area contributed by atoms with Crippen LogP contribution in [0.4, 0.5) is 4.39 Å². The Bertz CT molecular complexity index is 962. The monoisotopic (exact) mass is 368 g/mol. The number of nitrogens with zero attached hydrogens (tertiary/aromatic N) is 1. The number of carbonyl (C=O) groups is 1. The number of carbonyl (C=O) groups excluding carboxylic acids is 1. The first kappa shape index (κ1) is 18.2. The number of pyridine rings is 1. The smallest absolute Gasteiger partial charge is 0.251 e. The van der Waals surface area contributed by atoms with Crippen LogP contribution in [-0.2, 0) is 6.54 Å². The number of amides is 1. The molecule has 138 valence electrons. The highest BCUT2D eigenvalue weighted by Gasteiger charge is 2.13. The van der Waals surface area contributed by atoms with Gasteiger partial charge in [-0.25, -0.2) is 9.37 Å². The second-order valence-electron chi connectivity index (χ2n) is 5.57. The Morgan fingerprint density at radius 2 is 1.96 bits per heavy atom. The largest absolute Gasteiger partial charge is 0.504 e. The Morgan fingerprint density at radius 3 is 2.74 bits per heavy atom. The predicted octanol–water partition coefficient (Wildman–Crippen LogP) is 3.66. The van der Waals surface area contributed by atoms with Crippen molar-refractivity contribution >= 4 is 5.91 Å². The fourth-order valence-corrected chi connectivity index (χ4v) is 2.38. The first-order valence-corrected chi connectivity index (χ1v) is 8.10. The van der Waals surface area contributed by atoms with Crippen molar-refractivity contribution in [2.24, 2.45) is 0 Å². The number of methoxy groups -OCH3 is 1. The summed E-state index contributed by atoms with van der Waals surface area (Å²) in [6.45, 7) is 0.125. The number of benzene rings is 2. The molecule has 1 aromatic heterocycles. The fraction of sp³-hybridized carbons (Fsp3) is 0.100. The number of aromatic hydroxyl groups is 1. The molecule has 1 amide bonds. The molecule has 0 aliphatic carbocycles. The standard InChI is InChI=1S/C20H17FN2O4/c1-26-18-11-13(8-9-16(18)24)19(25)23-12-14-5-4-10-22-20(14)27-17-7-3-2-6-15(17)21/h2-11,24H,12H2,1H3,(H,23,25). The van der Waals surface area contributed by atoms with E-state index in [1.807, 2.05) is 0 Å². The van der Waals surface area contributed by atoms with Crippen LogP contribution in [0.5, 0.6) is 23.1 Å². The molecule has 0 spiro atoms. The number of para-hydroxylation sites is 1. The third-order valence-corrected chi connectivity index (χ3v) is 3.77. The van der Waals surface area contributed by atoms with Gasteiger partial charge in [0.15, 0.2) is 23.1 Å². The maximum absolute atomic E-state index is 13.8. The molecule has 0 unspecified atom stereocenters. The predicted molar refractivity (Wildman–Crippen MR) is 96.5 cm³/mol. The summed E-state index contributed by atoms with van der Waals surface area (Å²) in [5, 5.41) is 12.3. The lowest BCUT2D eigenvalue weighted by Gasteiger charge is -2.12. The van der Waals surface area contributed by atoms with Crippen LogP contribution < -0.4 is 14.8 Å². The Morgan fingerprint density at radius 1 is 1.15 bits per heavy atom. The number of ether oxygens (including phenoxy) is 2. The van der Waals surface area contributed by atoms with Gasteiger partial charge in [0, 0.05) is 23.9 Å². The second-order valence-corrected chi connectivity index (χ2v) is 5.57. The van der Waals surface area contributed by atoms with E-state index < -0.39 is 5.82 Å². The maximum Gasteiger partial charge on any atom is 0.251 e. The molecular formula is C20H17FN2O4. The summed E-state index contributed by atoms with van der Waals surface area (Å²) in [5.74, 6) is -0.476. The molecule has 7 heteroatoms. The van der Waals surface area contributed by atoms with Gasteiger partial charge in [-0.3, -0.25) is 4.79 Å². The lowest BCUT2D eigenvalue weighted by molar-refractivity contribution is 0.0950. The van der Waals surface area contributed by atoms with E-state index in [1.54, 1.807) is 24.3 Å². The topological polar surface area (TPSA) is 80.7 Å². The van der Waals surface area contributed by atoms with Crippen LogP contribution in [0.1, 0.15) is 15.9 Å². The van der Waals surface area contributed by atoms with Crippen LogP contribution in [0.2, 0.25) is 0 Å². The van der Waals surface area contributed by atoms with Gasteiger partial charge in [-0.1, -0.05) is 18.2 Å². The number of halogens is 1. The first-order valence-electron chi connectivity index (χ1n) is 8.10. The molecule has 2 aromatic carbocycles. The summed E-state index contributed by atoms with van der Waals surface area (Å²) in [5.41, 5.74) is 0.907. The van der Waals surface area contributed by atoms with Gasteiger partial charge in [0.05, 0.1) is 7.11 Å². The highest BCUT2D eigenvalue weighted by molar-refractivity contribution is 5.94. The van der Waals surface area contributed by atoms with E-state index in [9.17, 15) is 14.3 Å². The van der Waals surface area contributed by atoms with Gasteiger partial charge >= 0.3 is 0 Å². The molecule has 2 N–H and O–H groups in total. The van der Waals surface area contributed by atoms with Gasteiger partial charge in [-0.15, -0.1) is 0 Å². The molecule has 0 aliphatic rings. The molecule has 0 aliphatic heterocycles. The van der Waals surface area contributed by atoms with E-state index in [0.29, 0.717) is 11.1 Å². The van der Waals surface area contributed by atoms with Gasteiger partial charge in [0.25, 0.3) is 5.91 Å². The van der Waals surface area contributed by atoms with Crippen LogP contribution in [-0.4, -0.2) is 23.1 Å². The van der Waals surface area contributed by atoms with Crippen LogP contribution >= 0.6 is 0 Å². The number of phenolic OH excluding ortho intramolecular Hbond substituents is 1. The molecule has 3 aromatic rings. The summed E-state index contributed by atoms with van der Waals surface area (Å²) in [4.78, 5) is 16.5. The van der Waals surface area contributed by atoms with E-state index in [4.69, 9.17) is 9.47 Å². The van der Waals surface area contributed by atoms with Crippen molar-refractivity contribution < 1.29 is 23.8 Å². The summed E-state index contributed by atoms with van der Waals surface area (Å²) < 4.78 is 24.3. The molecule has 0 saturated heterocycles. The van der Waals surface area contributed by atoms with Crippen LogP contribution in [0.15, 0.2) is 60.8 Å². The lowest BCUT2D eigenvalue weighted by atomic mass is 10.2. The molecule has 0 atom stereocenters. The van der Waals surface area contributed by atoms with Crippen molar-refractivity contribution in [3.05, 3.63) is 77.7 Å². The summed E-state index contributed by atoms with van der Waals surface area (Å²) >= 11 is 0. The third kappa shape index (κ3) is 4.33. The van der Waals surface area contributed by atoms with E-state index in [0.717, 1.165) is 0 Å². The molecule has 27 heavy (non-hydrogen) atoms. The number of hydrogen-bond acceptors (Lipinski definition) is 5. The van der Waals surface area contributed by atoms with Gasteiger partial charge in [0.1, 0.15) is 0 Å². The molecular weight excluding hydrogens is 351 g/mol. The van der Waals surface area contributed by atoms with Gasteiger partial charge in [-0.2, -0.15) is 0 Å². The van der Waals surface area contributed by atoms with E-state index in [-0.39, 0.29) is 35.6 Å². The van der Waals surface area contributed by atoms with Gasteiger partial charge in [0.2, 0.25) is 5.88 Å². The minimum Gasteiger partial charge on any atom is -0.504 e. The molecule has 3 rings (SSSR count). The van der Waals surface area contributed by atoms with Crippen LogP contribution in [0.25, 0.3) is 0 Å². The Kier molecular flexibility index (Phi) is 5.51. The van der Waals surface area contributed by atoms with Gasteiger partial charge in [-0.05, 0) is 36.4 Å². The normalized spacial score (nSPS) is 10.3. The second kappa shape index (κ2) is 8.18. The number of phenols is 1. The third-order valence-electron chi connectivity index (χ3n) is 3.77. The quantitative estimate of drug-likeness (QED) is 0.694. The van der Waals surface area contributed by atoms with Crippen molar-refractivity contribution in [1.82, 2.24) is 10.3 Å². The van der Waals surface area contributed by atoms with E-state index >= 15 is 0 Å². The Labute approximate surface area is 155 Å². The number of nitrogens with one attached hydrogen (secondary N) is 1. The summed E-state index contributed by atoms with van der Waals surface area (Å²) in [6.07, 6.45) is 1.52. The maximum atomic E-state index is 13.8.